The van der Waals surface area contributed by atoms with Gasteiger partial charge in [-0.15, -0.1) is 5.59 Å². The first-order valence-corrected chi connectivity index (χ1v) is 2.72. The second-order valence-corrected chi connectivity index (χ2v) is 1.72. The summed E-state index contributed by atoms with van der Waals surface area (Å²) < 4.78 is 0. The predicted octanol–water partition coefficient (Wildman–Crippen LogP) is -0.292. The normalized spacial score (nSPS) is 13.2. The molecular weight excluding hydrogens is 132 g/mol. The van der Waals surface area contributed by atoms with Gasteiger partial charge in [-0.25, -0.2) is 9.97 Å². The summed E-state index contributed by atoms with van der Waals surface area (Å²) in [4.78, 5) is 12.5. The van der Waals surface area contributed by atoms with Crippen LogP contribution in [0.5, 0.6) is 5.75 Å². The van der Waals surface area contributed by atoms with Gasteiger partial charge in [-0.2, -0.15) is 5.10 Å². The summed E-state index contributed by atoms with van der Waals surface area (Å²) in [7, 11) is 0. The van der Waals surface area contributed by atoms with Crippen molar-refractivity contribution in [2.45, 2.75) is 0 Å². The third kappa shape index (κ3) is 0.680. The fraction of sp³-hybridized carbons (Fsp3) is 0. The Morgan fingerprint density at radius 1 is 1.50 bits per heavy atom. The molecule has 1 aliphatic heterocycles. The van der Waals surface area contributed by atoms with Gasteiger partial charge in [-0.1, -0.05) is 0 Å². The summed E-state index contributed by atoms with van der Waals surface area (Å²) in [5, 5.41) is 3.63. The van der Waals surface area contributed by atoms with Gasteiger partial charge in [-0.05, 0) is 0 Å². The molecule has 1 aromatic heterocycles. The van der Waals surface area contributed by atoms with Crippen LogP contribution in [0.2, 0.25) is 0 Å². The lowest BCUT2D eigenvalue weighted by molar-refractivity contribution is 0.195. The molecule has 0 unspecified atom stereocenters. The van der Waals surface area contributed by atoms with Crippen LogP contribution in [0, 0.1) is 0 Å². The second kappa shape index (κ2) is 1.94. The van der Waals surface area contributed by atoms with E-state index >= 15 is 0 Å². The molecule has 0 aromatic carbocycles. The highest BCUT2D eigenvalue weighted by atomic mass is 16.7. The molecule has 0 fully saturated rings. The summed E-state index contributed by atoms with van der Waals surface area (Å²) in [6, 6.07) is 0. The van der Waals surface area contributed by atoms with Crippen LogP contribution in [-0.2, 0) is 0 Å². The van der Waals surface area contributed by atoms with E-state index in [-0.39, 0.29) is 0 Å². The van der Waals surface area contributed by atoms with Gasteiger partial charge in [0.1, 0.15) is 12.0 Å². The first-order chi connectivity index (χ1) is 4.97. The van der Waals surface area contributed by atoms with E-state index in [1.807, 2.05) is 0 Å². The van der Waals surface area contributed by atoms with Crippen molar-refractivity contribution in [3.8, 4) is 5.75 Å². The molecule has 0 saturated heterocycles. The molecule has 0 aliphatic carbocycles. The maximum absolute atomic E-state index is 4.85. The molecule has 5 nitrogen and oxygen atoms in total. The first kappa shape index (κ1) is 5.16. The fourth-order valence-electron chi connectivity index (χ4n) is 0.665. The molecule has 1 aromatic rings. The molecule has 0 saturated carbocycles. The Bertz CT molecular complexity index is 272. The van der Waals surface area contributed by atoms with Crippen LogP contribution in [0.1, 0.15) is 5.69 Å². The average Bonchev–Trinajstić information content (AvgIpc) is 2.05. The van der Waals surface area contributed by atoms with E-state index in [0.717, 1.165) is 0 Å². The quantitative estimate of drug-likeness (QED) is 0.532. The number of rotatable bonds is 0. The van der Waals surface area contributed by atoms with E-state index in [1.165, 1.54) is 6.33 Å². The highest BCUT2D eigenvalue weighted by Gasteiger charge is 2.05. The summed E-state index contributed by atoms with van der Waals surface area (Å²) >= 11 is 0. The number of aromatic nitrogens is 2. The molecule has 0 bridgehead atoms. The minimum atomic E-state index is 0.595. The van der Waals surface area contributed by atoms with Gasteiger partial charge in [0.15, 0.2) is 0 Å². The zero-order valence-electron chi connectivity index (χ0n) is 4.98. The maximum Gasteiger partial charge on any atom is 0.202 e. The van der Waals surface area contributed by atoms with Gasteiger partial charge in [0.25, 0.3) is 0 Å². The molecular formula is C5H4N4O. The van der Waals surface area contributed by atoms with E-state index < -0.39 is 0 Å². The molecule has 10 heavy (non-hydrogen) atoms. The molecule has 1 N–H and O–H groups in total. The topological polar surface area (TPSA) is 59.4 Å². The Morgan fingerprint density at radius 3 is 3.40 bits per heavy atom. The molecule has 2 heterocycles. The molecule has 0 radical (unpaired) electrons. The highest BCUT2D eigenvalue weighted by molar-refractivity contribution is 5.80. The zero-order valence-corrected chi connectivity index (χ0v) is 4.98. The van der Waals surface area contributed by atoms with Crippen molar-refractivity contribution in [3.63, 3.8) is 0 Å². The molecule has 0 amide bonds. The van der Waals surface area contributed by atoms with Gasteiger partial charge in [0, 0.05) is 0 Å². The Kier molecular flexibility index (Phi) is 1.00. The van der Waals surface area contributed by atoms with Crippen molar-refractivity contribution >= 4 is 6.21 Å². The van der Waals surface area contributed by atoms with Crippen LogP contribution >= 0.6 is 0 Å². The Hall–Kier alpha value is -1.65. The number of hydrogen-bond donors (Lipinski definition) is 1. The summed E-state index contributed by atoms with van der Waals surface area (Å²) in [5.41, 5.74) is 3.02. The van der Waals surface area contributed by atoms with Crippen molar-refractivity contribution in [3.05, 3.63) is 18.2 Å². The van der Waals surface area contributed by atoms with E-state index in [9.17, 15) is 0 Å². The smallest absolute Gasteiger partial charge is 0.202 e. The first-order valence-electron chi connectivity index (χ1n) is 2.72. The van der Waals surface area contributed by atoms with Crippen molar-refractivity contribution in [1.29, 1.82) is 0 Å². The van der Waals surface area contributed by atoms with Crippen LogP contribution in [-0.4, -0.2) is 16.2 Å². The Morgan fingerprint density at radius 2 is 2.50 bits per heavy atom. The van der Waals surface area contributed by atoms with Crippen LogP contribution in [0.4, 0.5) is 0 Å². The molecule has 5 heteroatoms. The van der Waals surface area contributed by atoms with Crippen LogP contribution in [0.25, 0.3) is 0 Å². The van der Waals surface area contributed by atoms with Gasteiger partial charge < -0.3 is 4.84 Å². The van der Waals surface area contributed by atoms with Crippen molar-refractivity contribution in [1.82, 2.24) is 15.6 Å². The van der Waals surface area contributed by atoms with Crippen molar-refractivity contribution < 1.29 is 4.84 Å². The largest absolute Gasteiger partial charge is 0.361 e. The molecule has 0 atom stereocenters. The number of fused-ring (bicyclic) bond motifs is 1. The predicted molar refractivity (Wildman–Crippen MR) is 33.4 cm³/mol. The lowest BCUT2D eigenvalue weighted by atomic mass is 10.4. The molecule has 0 spiro atoms. The third-order valence-electron chi connectivity index (χ3n) is 1.10. The second-order valence-electron chi connectivity index (χ2n) is 1.72. The van der Waals surface area contributed by atoms with Gasteiger partial charge >= 0.3 is 0 Å². The summed E-state index contributed by atoms with van der Waals surface area (Å²) in [5.74, 6) is 0.595. The van der Waals surface area contributed by atoms with E-state index in [2.05, 4.69) is 20.7 Å². The van der Waals surface area contributed by atoms with E-state index in [0.29, 0.717) is 11.4 Å². The fourth-order valence-corrected chi connectivity index (χ4v) is 0.665. The molecule has 1 aliphatic rings. The van der Waals surface area contributed by atoms with Crippen molar-refractivity contribution in [2.24, 2.45) is 5.10 Å². The summed E-state index contributed by atoms with van der Waals surface area (Å²) in [6.07, 6.45) is 4.58. The SMILES string of the molecule is C1=NNOc2cncnc21. The van der Waals surface area contributed by atoms with Crippen LogP contribution in [0.15, 0.2) is 17.6 Å². The zero-order chi connectivity index (χ0) is 6.81. The van der Waals surface area contributed by atoms with Crippen molar-refractivity contribution in [2.75, 3.05) is 0 Å². The number of nitrogens with one attached hydrogen (secondary N) is 1. The average molecular weight is 136 g/mol. The number of hydrogen-bond acceptors (Lipinski definition) is 5. The van der Waals surface area contributed by atoms with Gasteiger partial charge in [0.05, 0.1) is 12.4 Å². The van der Waals surface area contributed by atoms with E-state index in [4.69, 9.17) is 4.84 Å². The minimum absolute atomic E-state index is 0.595. The van der Waals surface area contributed by atoms with Gasteiger partial charge in [0.2, 0.25) is 5.75 Å². The van der Waals surface area contributed by atoms with Crippen LogP contribution < -0.4 is 10.4 Å². The third-order valence-corrected chi connectivity index (χ3v) is 1.10. The highest BCUT2D eigenvalue weighted by Crippen LogP contribution is 2.11. The monoisotopic (exact) mass is 136 g/mol. The standard InChI is InChI=1S/C5H4N4O/c1-4-5(10-9-8-1)2-6-3-7-4/h1-3,9H. The molecule has 50 valence electrons. The number of nitrogens with zero attached hydrogens (tertiary/aromatic N) is 3. The van der Waals surface area contributed by atoms with E-state index in [1.54, 1.807) is 12.4 Å². The van der Waals surface area contributed by atoms with Crippen LogP contribution in [0.3, 0.4) is 0 Å². The van der Waals surface area contributed by atoms with Gasteiger partial charge in [-0.3, -0.25) is 0 Å². The lowest BCUT2D eigenvalue weighted by Gasteiger charge is -2.08. The minimum Gasteiger partial charge on any atom is -0.361 e. The Labute approximate surface area is 56.7 Å². The number of hydrazone groups is 1. The maximum atomic E-state index is 4.85. The molecule has 2 rings (SSSR count). The lowest BCUT2D eigenvalue weighted by Crippen LogP contribution is -2.17. The summed E-state index contributed by atoms with van der Waals surface area (Å²) in [6.45, 7) is 0. The Balaban J connectivity index is 2.54.